The molecule has 7 heteroatoms. The van der Waals surface area contributed by atoms with Gasteiger partial charge in [0.25, 0.3) is 0 Å². The number of rotatable bonds is 7. The molecule has 0 N–H and O–H groups in total. The molecule has 0 unspecified atom stereocenters. The fourth-order valence-electron chi connectivity index (χ4n) is 4.07. The molecule has 1 aliphatic rings. The van der Waals surface area contributed by atoms with Crippen LogP contribution < -0.4 is 0 Å². The van der Waals surface area contributed by atoms with Gasteiger partial charge >= 0.3 is 0 Å². The zero-order chi connectivity index (χ0) is 21.6. The molecule has 0 spiro atoms. The van der Waals surface area contributed by atoms with Gasteiger partial charge in [0.1, 0.15) is 11.7 Å². The van der Waals surface area contributed by atoms with E-state index in [9.17, 15) is 14.4 Å². The standard InChI is InChI=1S/C24H23FN4OS/c25-21-14-8-7-13-19(21)23-27-28-24(29(23)18-11-5-2-6-12-18)31-16-22(30)20(15-26)17-9-3-1-4-10-17/h1,3-4,7-10,13-14,18,20H,2,5-6,11-12,16H2/t20-/m1/s1. The molecular formula is C24H23FN4OS. The van der Waals surface area contributed by atoms with Crippen LogP contribution in [0, 0.1) is 17.1 Å². The van der Waals surface area contributed by atoms with E-state index in [1.807, 2.05) is 22.8 Å². The van der Waals surface area contributed by atoms with Gasteiger partial charge in [-0.1, -0.05) is 73.5 Å². The second-order valence-corrected chi connectivity index (χ2v) is 8.62. The van der Waals surface area contributed by atoms with Crippen LogP contribution in [0.5, 0.6) is 0 Å². The van der Waals surface area contributed by atoms with Gasteiger partial charge in [0.15, 0.2) is 16.8 Å². The Labute approximate surface area is 185 Å². The lowest BCUT2D eigenvalue weighted by Gasteiger charge is -2.25. The molecular weight excluding hydrogens is 411 g/mol. The molecule has 0 aliphatic heterocycles. The summed E-state index contributed by atoms with van der Waals surface area (Å²) >= 11 is 1.27. The first-order valence-corrected chi connectivity index (χ1v) is 11.5. The van der Waals surface area contributed by atoms with Crippen molar-refractivity contribution in [1.82, 2.24) is 14.8 Å². The molecule has 0 bridgehead atoms. The lowest BCUT2D eigenvalue weighted by Crippen LogP contribution is -2.17. The third kappa shape index (κ3) is 4.70. The van der Waals surface area contributed by atoms with Crippen molar-refractivity contribution >= 4 is 17.5 Å². The maximum Gasteiger partial charge on any atom is 0.192 e. The monoisotopic (exact) mass is 434 g/mol. The number of hydrogen-bond acceptors (Lipinski definition) is 5. The van der Waals surface area contributed by atoms with Crippen LogP contribution in [-0.2, 0) is 4.79 Å². The number of carbonyl (C=O) groups is 1. The fourth-order valence-corrected chi connectivity index (χ4v) is 4.98. The number of halogens is 1. The Balaban J connectivity index is 1.60. The molecule has 31 heavy (non-hydrogen) atoms. The summed E-state index contributed by atoms with van der Waals surface area (Å²) in [7, 11) is 0. The van der Waals surface area contributed by atoms with E-state index in [0.717, 1.165) is 25.7 Å². The number of nitriles is 1. The van der Waals surface area contributed by atoms with Crippen LogP contribution in [0.15, 0.2) is 59.8 Å². The highest BCUT2D eigenvalue weighted by Crippen LogP contribution is 2.36. The molecule has 158 valence electrons. The molecule has 1 heterocycles. The summed E-state index contributed by atoms with van der Waals surface area (Å²) in [6, 6.07) is 17.9. The van der Waals surface area contributed by atoms with Crippen molar-refractivity contribution in [2.45, 2.75) is 49.2 Å². The Morgan fingerprint density at radius 1 is 1.10 bits per heavy atom. The number of nitrogens with zero attached hydrogens (tertiary/aromatic N) is 4. The highest BCUT2D eigenvalue weighted by molar-refractivity contribution is 7.99. The van der Waals surface area contributed by atoms with Crippen molar-refractivity contribution < 1.29 is 9.18 Å². The first-order chi connectivity index (χ1) is 15.2. The minimum absolute atomic E-state index is 0.106. The van der Waals surface area contributed by atoms with E-state index in [1.165, 1.54) is 24.2 Å². The second kappa shape index (κ2) is 9.88. The molecule has 3 aromatic rings. The van der Waals surface area contributed by atoms with Crippen molar-refractivity contribution in [3.8, 4) is 17.5 Å². The summed E-state index contributed by atoms with van der Waals surface area (Å²) in [6.07, 6.45) is 5.35. The van der Waals surface area contributed by atoms with Gasteiger partial charge in [0, 0.05) is 6.04 Å². The summed E-state index contributed by atoms with van der Waals surface area (Å²) in [5, 5.41) is 18.7. The molecule has 0 amide bonds. The minimum Gasteiger partial charge on any atom is -0.299 e. The Bertz CT molecular complexity index is 1090. The summed E-state index contributed by atoms with van der Waals surface area (Å²) in [4.78, 5) is 12.8. The normalized spacial score (nSPS) is 15.4. The van der Waals surface area contributed by atoms with Gasteiger partial charge in [-0.15, -0.1) is 10.2 Å². The summed E-state index contributed by atoms with van der Waals surface area (Å²) in [5.41, 5.74) is 1.11. The zero-order valence-corrected chi connectivity index (χ0v) is 17.9. The predicted molar refractivity (Wildman–Crippen MR) is 118 cm³/mol. The molecule has 1 saturated carbocycles. The highest BCUT2D eigenvalue weighted by atomic mass is 32.2. The molecule has 0 radical (unpaired) electrons. The Kier molecular flexibility index (Phi) is 6.78. The van der Waals surface area contributed by atoms with Crippen LogP contribution in [-0.4, -0.2) is 26.3 Å². The van der Waals surface area contributed by atoms with Crippen molar-refractivity contribution in [2.75, 3.05) is 5.75 Å². The first-order valence-electron chi connectivity index (χ1n) is 10.5. The molecule has 0 saturated heterocycles. The molecule has 1 atom stereocenters. The lowest BCUT2D eigenvalue weighted by atomic mass is 9.95. The van der Waals surface area contributed by atoms with Crippen LogP contribution in [0.3, 0.4) is 0 Å². The second-order valence-electron chi connectivity index (χ2n) is 7.68. The van der Waals surface area contributed by atoms with Crippen LogP contribution in [0.1, 0.15) is 49.6 Å². The van der Waals surface area contributed by atoms with E-state index in [-0.39, 0.29) is 23.4 Å². The largest absolute Gasteiger partial charge is 0.299 e. The Morgan fingerprint density at radius 3 is 2.52 bits per heavy atom. The van der Waals surface area contributed by atoms with Crippen molar-refractivity contribution in [2.24, 2.45) is 0 Å². The van der Waals surface area contributed by atoms with Gasteiger partial charge in [-0.2, -0.15) is 5.26 Å². The number of hydrogen-bond donors (Lipinski definition) is 0. The van der Waals surface area contributed by atoms with E-state index in [2.05, 4.69) is 16.3 Å². The van der Waals surface area contributed by atoms with E-state index in [4.69, 9.17) is 0 Å². The van der Waals surface area contributed by atoms with Crippen LogP contribution >= 0.6 is 11.8 Å². The SMILES string of the molecule is N#C[C@@H](C(=O)CSc1nnc(-c2ccccc2F)n1C1CCCCC1)c1ccccc1. The smallest absolute Gasteiger partial charge is 0.192 e. The number of carbonyl (C=O) groups excluding carboxylic acids is 1. The van der Waals surface area contributed by atoms with Crippen molar-refractivity contribution in [3.05, 3.63) is 66.0 Å². The third-order valence-electron chi connectivity index (χ3n) is 5.65. The quantitative estimate of drug-likeness (QED) is 0.455. The number of benzene rings is 2. The molecule has 1 aromatic heterocycles. The molecule has 1 fully saturated rings. The summed E-state index contributed by atoms with van der Waals surface area (Å²) in [5.74, 6) is -0.724. The van der Waals surface area contributed by atoms with Gasteiger partial charge < -0.3 is 0 Å². The molecule has 1 aliphatic carbocycles. The van der Waals surface area contributed by atoms with Crippen molar-refractivity contribution in [3.63, 3.8) is 0 Å². The van der Waals surface area contributed by atoms with E-state index >= 15 is 0 Å². The molecule has 4 rings (SSSR count). The Hall–Kier alpha value is -2.98. The van der Waals surface area contributed by atoms with Gasteiger partial charge in [-0.25, -0.2) is 4.39 Å². The van der Waals surface area contributed by atoms with Gasteiger partial charge in [-0.3, -0.25) is 9.36 Å². The highest BCUT2D eigenvalue weighted by Gasteiger charge is 2.27. The fraction of sp³-hybridized carbons (Fsp3) is 0.333. The number of Topliss-reactive ketones (excluding diaryl/α,β-unsaturated/α-hetero) is 1. The molecule has 5 nitrogen and oxygen atoms in total. The minimum atomic E-state index is -0.814. The van der Waals surface area contributed by atoms with E-state index in [0.29, 0.717) is 22.1 Å². The summed E-state index contributed by atoms with van der Waals surface area (Å²) in [6.45, 7) is 0. The zero-order valence-electron chi connectivity index (χ0n) is 17.1. The average Bonchev–Trinajstić information content (AvgIpc) is 3.23. The predicted octanol–water partition coefficient (Wildman–Crippen LogP) is 5.56. The van der Waals surface area contributed by atoms with Gasteiger partial charge in [0.2, 0.25) is 0 Å². The molecule has 2 aromatic carbocycles. The third-order valence-corrected chi connectivity index (χ3v) is 6.61. The Morgan fingerprint density at radius 2 is 1.81 bits per heavy atom. The maximum absolute atomic E-state index is 14.5. The van der Waals surface area contributed by atoms with Crippen LogP contribution in [0.2, 0.25) is 0 Å². The van der Waals surface area contributed by atoms with E-state index in [1.54, 1.807) is 30.3 Å². The first kappa shape index (κ1) is 21.3. The number of aromatic nitrogens is 3. The van der Waals surface area contributed by atoms with Crippen LogP contribution in [0.4, 0.5) is 4.39 Å². The van der Waals surface area contributed by atoms with Gasteiger partial charge in [0.05, 0.1) is 17.4 Å². The average molecular weight is 435 g/mol. The van der Waals surface area contributed by atoms with Gasteiger partial charge in [-0.05, 0) is 30.5 Å². The lowest BCUT2D eigenvalue weighted by molar-refractivity contribution is -0.116. The number of ketones is 1. The topological polar surface area (TPSA) is 71.6 Å². The summed E-state index contributed by atoms with van der Waals surface area (Å²) < 4.78 is 16.5. The van der Waals surface area contributed by atoms with E-state index < -0.39 is 5.92 Å². The number of thioether (sulfide) groups is 1. The van der Waals surface area contributed by atoms with Crippen molar-refractivity contribution in [1.29, 1.82) is 5.26 Å². The maximum atomic E-state index is 14.5. The van der Waals surface area contributed by atoms with Crippen LogP contribution in [0.25, 0.3) is 11.4 Å².